The quantitative estimate of drug-likeness (QED) is 0.908. The fraction of sp³-hybridized carbons (Fsp3) is 0.111. The van der Waals surface area contributed by atoms with Crippen molar-refractivity contribution < 1.29 is 8.42 Å². The monoisotopic (exact) mass is 306 g/mol. The molecule has 0 saturated carbocycles. The number of halogens is 2. The number of benzene rings is 1. The predicted molar refractivity (Wildman–Crippen MR) is 67.8 cm³/mol. The molecule has 0 aliphatic rings. The van der Waals surface area contributed by atoms with Crippen LogP contribution in [0.2, 0.25) is 10.0 Å². The smallest absolute Gasteiger partial charge is 0.273 e. The molecule has 2 rings (SSSR count). The summed E-state index contributed by atoms with van der Waals surface area (Å²) in [5.41, 5.74) is 0.408. The van der Waals surface area contributed by atoms with Crippen LogP contribution in [0.4, 0.5) is 0 Å². The second kappa shape index (κ2) is 4.51. The molecule has 2 N–H and O–H groups in total. The molecule has 0 amide bonds. The first-order valence-electron chi connectivity index (χ1n) is 4.69. The minimum atomic E-state index is -3.94. The molecule has 0 spiro atoms. The lowest BCUT2D eigenvalue weighted by atomic mass is 10.2. The van der Waals surface area contributed by atoms with Gasteiger partial charge in [0.2, 0.25) is 0 Å². The van der Waals surface area contributed by atoms with Gasteiger partial charge in [-0.2, -0.15) is 0 Å². The zero-order chi connectivity index (χ0) is 13.5. The maximum absolute atomic E-state index is 11.3. The molecule has 0 aliphatic carbocycles. The van der Waals surface area contributed by atoms with E-state index in [9.17, 15) is 8.42 Å². The number of rotatable bonds is 2. The number of nitrogens with zero attached hydrogens (tertiary/aromatic N) is 3. The fourth-order valence-corrected chi connectivity index (χ4v) is 2.68. The van der Waals surface area contributed by atoms with Gasteiger partial charge in [0.1, 0.15) is 0 Å². The fourth-order valence-electron chi connectivity index (χ4n) is 1.49. The number of hydrogen-bond donors (Lipinski definition) is 1. The van der Waals surface area contributed by atoms with Gasteiger partial charge in [-0.15, -0.1) is 10.2 Å². The normalized spacial score (nSPS) is 11.8. The van der Waals surface area contributed by atoms with Crippen LogP contribution in [0.15, 0.2) is 23.4 Å². The molecule has 9 heteroatoms. The first-order chi connectivity index (χ1) is 8.32. The molecule has 2 aromatic rings. The molecule has 1 heterocycles. The van der Waals surface area contributed by atoms with Crippen molar-refractivity contribution in [3.63, 3.8) is 0 Å². The Balaban J connectivity index is 2.71. The number of primary sulfonamides is 1. The summed E-state index contributed by atoms with van der Waals surface area (Å²) in [5, 5.41) is 12.6. The van der Waals surface area contributed by atoms with Gasteiger partial charge in [-0.05, 0) is 12.1 Å². The summed E-state index contributed by atoms with van der Waals surface area (Å²) in [6.07, 6.45) is 0. The van der Waals surface area contributed by atoms with Crippen molar-refractivity contribution in [3.8, 4) is 11.4 Å². The zero-order valence-corrected chi connectivity index (χ0v) is 11.5. The molecule has 1 aromatic heterocycles. The molecule has 0 fully saturated rings. The minimum Gasteiger partial charge on any atom is -0.300 e. The van der Waals surface area contributed by atoms with Gasteiger partial charge in [0.25, 0.3) is 15.2 Å². The molecule has 0 bridgehead atoms. The van der Waals surface area contributed by atoms with E-state index in [0.717, 1.165) is 0 Å². The summed E-state index contributed by atoms with van der Waals surface area (Å²) in [4.78, 5) is 0. The summed E-state index contributed by atoms with van der Waals surface area (Å²) >= 11 is 12.0. The van der Waals surface area contributed by atoms with Crippen LogP contribution < -0.4 is 5.14 Å². The number of aromatic nitrogens is 3. The van der Waals surface area contributed by atoms with Gasteiger partial charge in [-0.25, -0.2) is 13.6 Å². The Hall–Kier alpha value is -1.15. The van der Waals surface area contributed by atoms with Crippen LogP contribution in [-0.4, -0.2) is 23.2 Å². The average molecular weight is 307 g/mol. The van der Waals surface area contributed by atoms with Crippen molar-refractivity contribution in [1.82, 2.24) is 14.8 Å². The summed E-state index contributed by atoms with van der Waals surface area (Å²) in [7, 11) is -2.48. The van der Waals surface area contributed by atoms with Crippen LogP contribution in [0, 0.1) is 0 Å². The van der Waals surface area contributed by atoms with Crippen LogP contribution in [0.25, 0.3) is 11.4 Å². The van der Waals surface area contributed by atoms with E-state index in [0.29, 0.717) is 15.6 Å². The van der Waals surface area contributed by atoms with Crippen molar-refractivity contribution in [2.45, 2.75) is 5.16 Å². The second-order valence-corrected chi connectivity index (χ2v) is 5.78. The predicted octanol–water partition coefficient (Wildman–Crippen LogP) is 1.44. The molecular weight excluding hydrogens is 299 g/mol. The van der Waals surface area contributed by atoms with Gasteiger partial charge in [0.15, 0.2) is 5.82 Å². The third-order valence-corrected chi connectivity index (χ3v) is 3.77. The van der Waals surface area contributed by atoms with E-state index in [2.05, 4.69) is 10.2 Å². The summed E-state index contributed by atoms with van der Waals surface area (Å²) in [5.74, 6) is 0.231. The largest absolute Gasteiger partial charge is 0.300 e. The van der Waals surface area contributed by atoms with E-state index < -0.39 is 10.0 Å². The third kappa shape index (κ3) is 2.22. The van der Waals surface area contributed by atoms with Crippen molar-refractivity contribution >= 4 is 33.2 Å². The number of sulfonamides is 1. The van der Waals surface area contributed by atoms with Gasteiger partial charge in [0, 0.05) is 7.05 Å². The van der Waals surface area contributed by atoms with E-state index in [-0.39, 0.29) is 11.0 Å². The first-order valence-corrected chi connectivity index (χ1v) is 6.99. The van der Waals surface area contributed by atoms with Gasteiger partial charge < -0.3 is 0 Å². The topological polar surface area (TPSA) is 90.9 Å². The molecule has 0 unspecified atom stereocenters. The molecule has 0 aliphatic heterocycles. The van der Waals surface area contributed by atoms with E-state index in [1.54, 1.807) is 18.2 Å². The van der Waals surface area contributed by atoms with E-state index in [1.807, 2.05) is 0 Å². The Morgan fingerprint density at radius 3 is 2.22 bits per heavy atom. The van der Waals surface area contributed by atoms with Crippen LogP contribution >= 0.6 is 23.2 Å². The van der Waals surface area contributed by atoms with Crippen molar-refractivity contribution in [2.24, 2.45) is 12.2 Å². The van der Waals surface area contributed by atoms with Gasteiger partial charge >= 0.3 is 0 Å². The highest BCUT2D eigenvalue weighted by atomic mass is 35.5. The Morgan fingerprint density at radius 1 is 1.22 bits per heavy atom. The molecule has 18 heavy (non-hydrogen) atoms. The van der Waals surface area contributed by atoms with Crippen LogP contribution in [0.1, 0.15) is 0 Å². The highest BCUT2D eigenvalue weighted by Crippen LogP contribution is 2.33. The molecule has 6 nitrogen and oxygen atoms in total. The van der Waals surface area contributed by atoms with Gasteiger partial charge in [-0.1, -0.05) is 29.3 Å². The lowest BCUT2D eigenvalue weighted by Gasteiger charge is -2.06. The Bertz CT molecular complexity index is 691. The second-order valence-electron chi connectivity index (χ2n) is 3.51. The third-order valence-electron chi connectivity index (χ3n) is 2.28. The zero-order valence-electron chi connectivity index (χ0n) is 9.13. The number of hydrogen-bond acceptors (Lipinski definition) is 4. The summed E-state index contributed by atoms with van der Waals surface area (Å²) in [6, 6.07) is 4.91. The first kappa shape index (κ1) is 13.3. The highest BCUT2D eigenvalue weighted by molar-refractivity contribution is 7.89. The average Bonchev–Trinajstić information content (AvgIpc) is 2.60. The molecule has 0 radical (unpaired) electrons. The molecule has 1 aromatic carbocycles. The van der Waals surface area contributed by atoms with E-state index in [4.69, 9.17) is 28.3 Å². The lowest BCUT2D eigenvalue weighted by molar-refractivity contribution is 0.580. The molecule has 96 valence electrons. The highest BCUT2D eigenvalue weighted by Gasteiger charge is 2.22. The van der Waals surface area contributed by atoms with Crippen LogP contribution in [0.5, 0.6) is 0 Å². The SMILES string of the molecule is Cn1c(-c2c(Cl)cccc2Cl)nnc1S(N)(=O)=O. The maximum Gasteiger partial charge on any atom is 0.273 e. The standard InChI is InChI=1S/C9H8Cl2N4O2S/c1-15-8(13-14-9(15)18(12,16)17)7-5(10)3-2-4-6(7)11/h2-4H,1H3,(H2,12,16,17). The van der Waals surface area contributed by atoms with Gasteiger partial charge in [0.05, 0.1) is 15.6 Å². The molecule has 0 saturated heterocycles. The molecular formula is C9H8Cl2N4O2S. The molecule has 0 atom stereocenters. The van der Waals surface area contributed by atoms with Crippen molar-refractivity contribution in [3.05, 3.63) is 28.2 Å². The van der Waals surface area contributed by atoms with E-state index in [1.165, 1.54) is 11.6 Å². The van der Waals surface area contributed by atoms with Crippen LogP contribution in [-0.2, 0) is 17.1 Å². The number of nitrogens with two attached hydrogens (primary N) is 1. The minimum absolute atomic E-state index is 0.231. The van der Waals surface area contributed by atoms with E-state index >= 15 is 0 Å². The summed E-state index contributed by atoms with van der Waals surface area (Å²) < 4.78 is 23.7. The Labute approximate surface area is 113 Å². The maximum atomic E-state index is 11.3. The summed E-state index contributed by atoms with van der Waals surface area (Å²) in [6.45, 7) is 0. The Kier molecular flexibility index (Phi) is 3.33. The van der Waals surface area contributed by atoms with Gasteiger partial charge in [-0.3, -0.25) is 4.57 Å². The van der Waals surface area contributed by atoms with Crippen molar-refractivity contribution in [2.75, 3.05) is 0 Å². The lowest BCUT2D eigenvalue weighted by Crippen LogP contribution is -2.17. The van der Waals surface area contributed by atoms with Crippen molar-refractivity contribution in [1.29, 1.82) is 0 Å². The Morgan fingerprint density at radius 2 is 1.78 bits per heavy atom. The van der Waals surface area contributed by atoms with Crippen LogP contribution in [0.3, 0.4) is 0 Å².